The lowest BCUT2D eigenvalue weighted by molar-refractivity contribution is -0.154. The van der Waals surface area contributed by atoms with Crippen LogP contribution in [0.1, 0.15) is 19.4 Å². The van der Waals surface area contributed by atoms with Gasteiger partial charge in [-0.05, 0) is 36.8 Å². The van der Waals surface area contributed by atoms with E-state index >= 15 is 0 Å². The highest BCUT2D eigenvalue weighted by Crippen LogP contribution is 2.22. The van der Waals surface area contributed by atoms with Crippen LogP contribution in [0.25, 0.3) is 0 Å². The number of benzene rings is 2. The summed E-state index contributed by atoms with van der Waals surface area (Å²) >= 11 is 0. The molecule has 0 radical (unpaired) electrons. The van der Waals surface area contributed by atoms with Gasteiger partial charge in [0.25, 0.3) is 10.0 Å². The predicted molar refractivity (Wildman–Crippen MR) is 105 cm³/mol. The number of carbonyl (C=O) groups excluding carboxylic acids is 1. The lowest BCUT2D eigenvalue weighted by Gasteiger charge is -2.20. The molecule has 2 atom stereocenters. The summed E-state index contributed by atoms with van der Waals surface area (Å²) in [5.74, 6) is -1.23. The Bertz CT molecular complexity index is 923. The zero-order valence-electron chi connectivity index (χ0n) is 15.9. The molecular weight excluding hydrogens is 382 g/mol. The van der Waals surface area contributed by atoms with E-state index in [1.165, 1.54) is 38.3 Å². The monoisotopic (exact) mass is 405 g/mol. The number of nitrogens with zero attached hydrogens (tertiary/aromatic N) is 1. The Morgan fingerprint density at radius 3 is 2.25 bits per heavy atom. The highest BCUT2D eigenvalue weighted by Gasteiger charge is 2.30. The molecular formula is C20H23NO6S. The van der Waals surface area contributed by atoms with Gasteiger partial charge in [0.15, 0.2) is 6.10 Å². The van der Waals surface area contributed by atoms with Crippen molar-refractivity contribution in [3.05, 3.63) is 60.2 Å². The van der Waals surface area contributed by atoms with Crippen LogP contribution in [0.3, 0.4) is 0 Å². The molecule has 0 aromatic heterocycles. The highest BCUT2D eigenvalue weighted by atomic mass is 32.2. The van der Waals surface area contributed by atoms with Gasteiger partial charge in [0.1, 0.15) is 5.75 Å². The van der Waals surface area contributed by atoms with E-state index in [0.29, 0.717) is 11.3 Å². The number of aliphatic hydroxyl groups excluding tert-OH is 1. The summed E-state index contributed by atoms with van der Waals surface area (Å²) in [7, 11) is -2.60. The SMILES string of the molecule is CCOC(=O)[C@@H](O)[C@H](C)/C(=N/S(=O)(=O)c1ccc(OC)cc1)c1ccccc1. The number of sulfonamides is 1. The van der Waals surface area contributed by atoms with Crippen molar-refractivity contribution >= 4 is 21.7 Å². The third kappa shape index (κ3) is 5.17. The first kappa shape index (κ1) is 21.6. The molecule has 1 N–H and O–H groups in total. The minimum Gasteiger partial charge on any atom is -0.497 e. The molecule has 150 valence electrons. The summed E-state index contributed by atoms with van der Waals surface area (Å²) in [4.78, 5) is 11.9. The Morgan fingerprint density at radius 2 is 1.71 bits per heavy atom. The van der Waals surface area contributed by atoms with Gasteiger partial charge in [-0.1, -0.05) is 37.3 Å². The second-order valence-corrected chi connectivity index (χ2v) is 7.58. The van der Waals surface area contributed by atoms with E-state index in [2.05, 4.69) is 4.40 Å². The van der Waals surface area contributed by atoms with E-state index in [-0.39, 0.29) is 17.2 Å². The molecule has 0 spiro atoms. The van der Waals surface area contributed by atoms with E-state index < -0.39 is 28.0 Å². The number of hydrogen-bond acceptors (Lipinski definition) is 6. The smallest absolute Gasteiger partial charge is 0.335 e. The third-order valence-electron chi connectivity index (χ3n) is 4.08. The Balaban J connectivity index is 2.50. The fourth-order valence-electron chi connectivity index (χ4n) is 2.52. The molecule has 2 aromatic rings. The number of ether oxygens (including phenoxy) is 2. The molecule has 0 saturated carbocycles. The van der Waals surface area contributed by atoms with Crippen LogP contribution in [0.2, 0.25) is 0 Å². The van der Waals surface area contributed by atoms with Crippen LogP contribution in [0.5, 0.6) is 5.75 Å². The molecule has 0 unspecified atom stereocenters. The van der Waals surface area contributed by atoms with Crippen molar-refractivity contribution in [1.29, 1.82) is 0 Å². The number of hydrogen-bond donors (Lipinski definition) is 1. The molecule has 0 aliphatic heterocycles. The molecule has 0 fully saturated rings. The first-order chi connectivity index (χ1) is 13.3. The quantitative estimate of drug-likeness (QED) is 0.535. The normalized spacial score (nSPS) is 14.2. The molecule has 0 heterocycles. The summed E-state index contributed by atoms with van der Waals surface area (Å²) in [6, 6.07) is 14.3. The maximum absolute atomic E-state index is 12.8. The summed E-state index contributed by atoms with van der Waals surface area (Å²) in [6.07, 6.45) is -1.55. The maximum atomic E-state index is 12.8. The molecule has 0 saturated heterocycles. The molecule has 2 aromatic carbocycles. The number of esters is 1. The van der Waals surface area contributed by atoms with E-state index in [1.54, 1.807) is 37.3 Å². The van der Waals surface area contributed by atoms with Crippen molar-refractivity contribution in [2.45, 2.75) is 24.8 Å². The zero-order valence-corrected chi connectivity index (χ0v) is 16.7. The van der Waals surface area contributed by atoms with Gasteiger partial charge in [0, 0.05) is 5.92 Å². The van der Waals surface area contributed by atoms with E-state index in [9.17, 15) is 18.3 Å². The second-order valence-electron chi connectivity index (χ2n) is 5.98. The summed E-state index contributed by atoms with van der Waals surface area (Å²) in [5.41, 5.74) is 0.549. The summed E-state index contributed by atoms with van der Waals surface area (Å²) in [5, 5.41) is 10.3. The minimum atomic E-state index is -4.08. The van der Waals surface area contributed by atoms with Gasteiger partial charge < -0.3 is 14.6 Å². The first-order valence-electron chi connectivity index (χ1n) is 8.69. The average Bonchev–Trinajstić information content (AvgIpc) is 2.71. The van der Waals surface area contributed by atoms with Gasteiger partial charge in [-0.15, -0.1) is 0 Å². The fourth-order valence-corrected chi connectivity index (χ4v) is 3.63. The van der Waals surface area contributed by atoms with Crippen LogP contribution in [0.4, 0.5) is 0 Å². The fraction of sp³-hybridized carbons (Fsp3) is 0.300. The first-order valence-corrected chi connectivity index (χ1v) is 10.1. The van der Waals surface area contributed by atoms with Crippen molar-refractivity contribution in [3.8, 4) is 5.75 Å². The average molecular weight is 405 g/mol. The topological polar surface area (TPSA) is 102 Å². The van der Waals surface area contributed by atoms with Crippen molar-refractivity contribution < 1.29 is 27.8 Å². The van der Waals surface area contributed by atoms with Crippen molar-refractivity contribution in [1.82, 2.24) is 0 Å². The van der Waals surface area contributed by atoms with Gasteiger partial charge in [0.05, 0.1) is 24.3 Å². The van der Waals surface area contributed by atoms with Crippen molar-refractivity contribution in [3.63, 3.8) is 0 Å². The minimum absolute atomic E-state index is 0.0282. The Hall–Kier alpha value is -2.71. The lowest BCUT2D eigenvalue weighted by atomic mass is 9.93. The Morgan fingerprint density at radius 1 is 1.11 bits per heavy atom. The third-order valence-corrected chi connectivity index (χ3v) is 5.38. The van der Waals surface area contributed by atoms with E-state index in [1.807, 2.05) is 0 Å². The van der Waals surface area contributed by atoms with Crippen LogP contribution in [0, 0.1) is 5.92 Å². The van der Waals surface area contributed by atoms with Gasteiger partial charge in [0.2, 0.25) is 0 Å². The van der Waals surface area contributed by atoms with Gasteiger partial charge >= 0.3 is 5.97 Å². The lowest BCUT2D eigenvalue weighted by Crippen LogP contribution is -2.35. The summed E-state index contributed by atoms with van der Waals surface area (Å²) < 4.78 is 39.5. The molecule has 2 rings (SSSR count). The second kappa shape index (κ2) is 9.48. The molecule has 0 bridgehead atoms. The Labute approximate surface area is 164 Å². The number of methoxy groups -OCH3 is 1. The maximum Gasteiger partial charge on any atom is 0.335 e. The number of aliphatic hydroxyl groups is 1. The van der Waals surface area contributed by atoms with Crippen LogP contribution in [-0.2, 0) is 19.6 Å². The zero-order chi connectivity index (χ0) is 20.7. The number of carbonyl (C=O) groups is 1. The molecule has 0 aliphatic rings. The number of rotatable bonds is 8. The van der Waals surface area contributed by atoms with Gasteiger partial charge in [-0.3, -0.25) is 0 Å². The van der Waals surface area contributed by atoms with Crippen molar-refractivity contribution in [2.75, 3.05) is 13.7 Å². The Kier molecular flexibility index (Phi) is 7.31. The highest BCUT2D eigenvalue weighted by molar-refractivity contribution is 7.90. The van der Waals surface area contributed by atoms with E-state index in [0.717, 1.165) is 0 Å². The molecule has 0 aliphatic carbocycles. The molecule has 8 heteroatoms. The van der Waals surface area contributed by atoms with Crippen LogP contribution in [-0.4, -0.2) is 45.0 Å². The van der Waals surface area contributed by atoms with Gasteiger partial charge in [-0.25, -0.2) is 4.79 Å². The molecule has 7 nitrogen and oxygen atoms in total. The van der Waals surface area contributed by atoms with Crippen molar-refractivity contribution in [2.24, 2.45) is 10.3 Å². The van der Waals surface area contributed by atoms with Gasteiger partial charge in [-0.2, -0.15) is 12.8 Å². The predicted octanol–water partition coefficient (Wildman–Crippen LogP) is 2.43. The van der Waals surface area contributed by atoms with Crippen LogP contribution >= 0.6 is 0 Å². The van der Waals surface area contributed by atoms with Crippen LogP contribution < -0.4 is 4.74 Å². The molecule has 28 heavy (non-hydrogen) atoms. The van der Waals surface area contributed by atoms with E-state index in [4.69, 9.17) is 9.47 Å². The largest absolute Gasteiger partial charge is 0.497 e. The summed E-state index contributed by atoms with van der Waals surface area (Å²) in [6.45, 7) is 3.25. The standard InChI is InChI=1S/C20H23NO6S/c1-4-27-20(23)19(22)14(2)18(15-8-6-5-7-9-15)21-28(24,25)17-12-10-16(26-3)11-13-17/h5-14,19,22H,4H2,1-3H3/b21-18-/t14-,19+/m1/s1. The molecule has 0 amide bonds. The van der Waals surface area contributed by atoms with Crippen LogP contribution in [0.15, 0.2) is 63.9 Å².